The fourth-order valence-corrected chi connectivity index (χ4v) is 7.13. The lowest BCUT2D eigenvalue weighted by atomic mass is 9.92. The van der Waals surface area contributed by atoms with Gasteiger partial charge >= 0.3 is 0 Å². The van der Waals surface area contributed by atoms with Gasteiger partial charge in [0, 0.05) is 78.6 Å². The molecule has 0 N–H and O–H groups in total. The van der Waals surface area contributed by atoms with E-state index in [2.05, 4.69) is 60.9 Å². The number of fused-ring (bicyclic) bond motifs is 1. The molecule has 3 aromatic heterocycles. The number of anilines is 1. The van der Waals surface area contributed by atoms with Crippen molar-refractivity contribution in [3.8, 4) is 0 Å². The van der Waals surface area contributed by atoms with Crippen molar-refractivity contribution in [2.75, 3.05) is 18.0 Å². The normalized spacial score (nSPS) is 18.6. The summed E-state index contributed by atoms with van der Waals surface area (Å²) in [7, 11) is 0. The number of aryl methyl sites for hydroxylation is 2. The second kappa shape index (κ2) is 13.5. The first-order valence-electron chi connectivity index (χ1n) is 16.3. The minimum absolute atomic E-state index is 0. The van der Waals surface area contributed by atoms with Crippen LogP contribution in [0.5, 0.6) is 0 Å². The number of aromatic nitrogens is 3. The maximum atomic E-state index is 15.7. The molecule has 0 amide bonds. The van der Waals surface area contributed by atoms with Crippen LogP contribution in [0.2, 0.25) is 0 Å². The van der Waals surface area contributed by atoms with Crippen LogP contribution in [0.4, 0.5) is 10.1 Å². The van der Waals surface area contributed by atoms with Crippen LogP contribution in [0.15, 0.2) is 65.9 Å². The Morgan fingerprint density at radius 3 is 2.58 bits per heavy atom. The number of benzene rings is 1. The van der Waals surface area contributed by atoms with Crippen molar-refractivity contribution in [1.82, 2.24) is 19.4 Å². The van der Waals surface area contributed by atoms with Crippen LogP contribution in [0, 0.1) is 19.7 Å². The molecule has 3 aliphatic rings. The van der Waals surface area contributed by atoms with Crippen molar-refractivity contribution >= 4 is 35.7 Å². The Hall–Kier alpha value is -3.49. The molecule has 1 atom stereocenters. The van der Waals surface area contributed by atoms with Crippen molar-refractivity contribution in [3.05, 3.63) is 105 Å². The minimum Gasteiger partial charge on any atom is -0.369 e. The molecular formula is C37H44FN5OS. The van der Waals surface area contributed by atoms with E-state index < -0.39 is 0 Å². The van der Waals surface area contributed by atoms with E-state index in [1.807, 2.05) is 32.3 Å². The van der Waals surface area contributed by atoms with E-state index >= 15 is 4.39 Å². The Balaban J connectivity index is 0.00000357. The van der Waals surface area contributed by atoms with Gasteiger partial charge in [0.05, 0.1) is 17.4 Å². The average molecular weight is 626 g/mol. The van der Waals surface area contributed by atoms with Gasteiger partial charge in [-0.1, -0.05) is 6.08 Å². The number of halogens is 1. The molecule has 7 rings (SSSR count). The second-order valence-electron chi connectivity index (χ2n) is 13.1. The van der Waals surface area contributed by atoms with Gasteiger partial charge in [0.15, 0.2) is 5.43 Å². The summed E-state index contributed by atoms with van der Waals surface area (Å²) in [6.45, 7) is 7.13. The standard InChI is InChI=1S/C37H42FN5O.H2S/c1-25-10-11-31(20-40-25)41-16-6-9-32(24-41)42(21-27-14-15-39-26(2)17-27)22-29-23-43(30-12-13-30)36-19-33(28-7-4-3-5-8-28)35(38)18-34(36)37(29)44;/h7,10-11,14-15,17-20,23,30,32H,3-6,8-9,12-13,16,21-22,24H2,1-2H3;1H2/t32-;/m0./s1. The highest BCUT2D eigenvalue weighted by Gasteiger charge is 2.30. The Morgan fingerprint density at radius 1 is 0.978 bits per heavy atom. The van der Waals surface area contributed by atoms with Crippen LogP contribution in [0.1, 0.15) is 85.5 Å². The summed E-state index contributed by atoms with van der Waals surface area (Å²) >= 11 is 0. The molecule has 4 heterocycles. The first-order chi connectivity index (χ1) is 21.4. The van der Waals surface area contributed by atoms with Crippen molar-refractivity contribution in [3.63, 3.8) is 0 Å². The van der Waals surface area contributed by atoms with Gasteiger partial charge in [-0.3, -0.25) is 19.7 Å². The molecule has 2 fully saturated rings. The molecule has 45 heavy (non-hydrogen) atoms. The van der Waals surface area contributed by atoms with E-state index in [4.69, 9.17) is 0 Å². The highest BCUT2D eigenvalue weighted by molar-refractivity contribution is 7.59. The van der Waals surface area contributed by atoms with Crippen molar-refractivity contribution < 1.29 is 4.39 Å². The quantitative estimate of drug-likeness (QED) is 0.202. The smallest absolute Gasteiger partial charge is 0.193 e. The topological polar surface area (TPSA) is 54.3 Å². The zero-order valence-electron chi connectivity index (χ0n) is 26.4. The number of hydrogen-bond donors (Lipinski definition) is 0. The van der Waals surface area contributed by atoms with Crippen LogP contribution >= 0.6 is 13.5 Å². The number of hydrogen-bond acceptors (Lipinski definition) is 5. The summed E-state index contributed by atoms with van der Waals surface area (Å²) in [6.07, 6.45) is 16.6. The van der Waals surface area contributed by atoms with Gasteiger partial charge in [-0.15, -0.1) is 0 Å². The summed E-state index contributed by atoms with van der Waals surface area (Å²) in [5, 5.41) is 0.503. The first kappa shape index (κ1) is 31.5. The van der Waals surface area contributed by atoms with Gasteiger partial charge in [-0.25, -0.2) is 4.39 Å². The van der Waals surface area contributed by atoms with E-state index in [0.29, 0.717) is 23.5 Å². The molecule has 0 unspecified atom stereocenters. The SMILES string of the molecule is Cc1ccc(N2CCC[C@H](N(Cc3ccnc(C)c3)Cc3cn(C4CC4)c4cc(C5=CCCCC5)c(F)cc4c3=O)C2)cn1.S. The third kappa shape index (κ3) is 6.87. The summed E-state index contributed by atoms with van der Waals surface area (Å²) < 4.78 is 17.9. The fraction of sp³-hybridized carbons (Fsp3) is 0.432. The molecule has 236 valence electrons. The van der Waals surface area contributed by atoms with Crippen LogP contribution < -0.4 is 10.3 Å². The number of piperidine rings is 1. The van der Waals surface area contributed by atoms with E-state index in [1.54, 1.807) is 0 Å². The van der Waals surface area contributed by atoms with Crippen molar-refractivity contribution in [2.45, 2.75) is 90.4 Å². The highest BCUT2D eigenvalue weighted by atomic mass is 32.1. The van der Waals surface area contributed by atoms with Crippen LogP contribution in [-0.4, -0.2) is 38.6 Å². The summed E-state index contributed by atoms with van der Waals surface area (Å²) in [5.74, 6) is -0.277. The molecule has 0 spiro atoms. The summed E-state index contributed by atoms with van der Waals surface area (Å²) in [6, 6.07) is 12.5. The van der Waals surface area contributed by atoms with Gasteiger partial charge in [0.1, 0.15) is 5.82 Å². The number of allylic oxidation sites excluding steroid dienone is 2. The van der Waals surface area contributed by atoms with E-state index in [0.717, 1.165) is 105 Å². The molecule has 4 aromatic rings. The molecule has 1 aliphatic heterocycles. The molecule has 1 saturated heterocycles. The summed E-state index contributed by atoms with van der Waals surface area (Å²) in [5.41, 5.74) is 7.64. The third-order valence-electron chi connectivity index (χ3n) is 9.67. The molecule has 0 radical (unpaired) electrons. The molecular weight excluding hydrogens is 582 g/mol. The Bertz CT molecular complexity index is 1760. The Morgan fingerprint density at radius 2 is 1.84 bits per heavy atom. The minimum atomic E-state index is -0.277. The van der Waals surface area contributed by atoms with Crippen LogP contribution in [0.3, 0.4) is 0 Å². The van der Waals surface area contributed by atoms with E-state index in [9.17, 15) is 4.79 Å². The lowest BCUT2D eigenvalue weighted by Crippen LogP contribution is -2.48. The predicted molar refractivity (Wildman–Crippen MR) is 186 cm³/mol. The number of pyridine rings is 3. The van der Waals surface area contributed by atoms with Gasteiger partial charge in [0.2, 0.25) is 0 Å². The van der Waals surface area contributed by atoms with Crippen LogP contribution in [-0.2, 0) is 13.1 Å². The zero-order valence-corrected chi connectivity index (χ0v) is 27.4. The van der Waals surface area contributed by atoms with Gasteiger partial charge in [-0.05, 0) is 113 Å². The maximum Gasteiger partial charge on any atom is 0.193 e. The number of rotatable bonds is 8. The van der Waals surface area contributed by atoms with E-state index in [-0.39, 0.29) is 30.8 Å². The summed E-state index contributed by atoms with van der Waals surface area (Å²) in [4.78, 5) is 28.0. The molecule has 8 heteroatoms. The van der Waals surface area contributed by atoms with Gasteiger partial charge in [0.25, 0.3) is 0 Å². The molecule has 2 aliphatic carbocycles. The molecule has 1 aromatic carbocycles. The van der Waals surface area contributed by atoms with Crippen molar-refractivity contribution in [2.24, 2.45) is 0 Å². The van der Waals surface area contributed by atoms with Crippen LogP contribution in [0.25, 0.3) is 16.5 Å². The average Bonchev–Trinajstić information content (AvgIpc) is 3.88. The van der Waals surface area contributed by atoms with Crippen molar-refractivity contribution in [1.29, 1.82) is 0 Å². The highest BCUT2D eigenvalue weighted by Crippen LogP contribution is 2.39. The molecule has 1 saturated carbocycles. The monoisotopic (exact) mass is 625 g/mol. The van der Waals surface area contributed by atoms with Gasteiger partial charge < -0.3 is 9.47 Å². The second-order valence-corrected chi connectivity index (χ2v) is 13.1. The Labute approximate surface area is 272 Å². The first-order valence-corrected chi connectivity index (χ1v) is 16.3. The molecule has 6 nitrogen and oxygen atoms in total. The van der Waals surface area contributed by atoms with E-state index in [1.165, 1.54) is 11.6 Å². The van der Waals surface area contributed by atoms with Gasteiger partial charge in [-0.2, -0.15) is 13.5 Å². The lowest BCUT2D eigenvalue weighted by molar-refractivity contribution is 0.158. The predicted octanol–water partition coefficient (Wildman–Crippen LogP) is 7.62. The third-order valence-corrected chi connectivity index (χ3v) is 9.67. The Kier molecular flexibility index (Phi) is 9.43. The maximum absolute atomic E-state index is 15.7. The fourth-order valence-electron chi connectivity index (χ4n) is 7.13. The number of nitrogens with zero attached hydrogens (tertiary/aromatic N) is 5. The zero-order chi connectivity index (χ0) is 30.2. The largest absolute Gasteiger partial charge is 0.369 e. The lowest BCUT2D eigenvalue weighted by Gasteiger charge is -2.40. The molecule has 0 bridgehead atoms.